The van der Waals surface area contributed by atoms with Crippen LogP contribution >= 0.6 is 0 Å². The normalized spacial score (nSPS) is 18.4. The minimum absolute atomic E-state index is 0.136. The lowest BCUT2D eigenvalue weighted by molar-refractivity contribution is -0.133. The van der Waals surface area contributed by atoms with Crippen molar-refractivity contribution in [2.24, 2.45) is 16.7 Å². The highest BCUT2D eigenvalue weighted by Crippen LogP contribution is 2.38. The quantitative estimate of drug-likeness (QED) is 0.234. The summed E-state index contributed by atoms with van der Waals surface area (Å²) in [6, 6.07) is 20.5. The van der Waals surface area contributed by atoms with Crippen molar-refractivity contribution in [2.45, 2.75) is 31.8 Å². The van der Waals surface area contributed by atoms with Gasteiger partial charge in [0.05, 0.1) is 12.8 Å². The highest BCUT2D eigenvalue weighted by molar-refractivity contribution is 6.07. The zero-order chi connectivity index (χ0) is 24.3. The van der Waals surface area contributed by atoms with Gasteiger partial charge in [-0.15, -0.1) is 0 Å². The van der Waals surface area contributed by atoms with Crippen LogP contribution in [-0.2, 0) is 21.7 Å². The number of amides is 4. The number of benzene rings is 3. The summed E-state index contributed by atoms with van der Waals surface area (Å²) in [5, 5.41) is 5.55. The van der Waals surface area contributed by atoms with Crippen LogP contribution in [0.25, 0.3) is 10.8 Å². The molecule has 1 fully saturated rings. The molecule has 174 valence electrons. The molecular weight excluding hydrogens is 430 g/mol. The molecule has 1 aliphatic heterocycles. The van der Waals surface area contributed by atoms with Crippen molar-refractivity contribution in [1.29, 1.82) is 0 Å². The Kier molecular flexibility index (Phi) is 6.32. The van der Waals surface area contributed by atoms with Gasteiger partial charge in [-0.25, -0.2) is 4.79 Å². The van der Waals surface area contributed by atoms with E-state index in [9.17, 15) is 14.4 Å². The molecule has 4 N–H and O–H groups in total. The van der Waals surface area contributed by atoms with Gasteiger partial charge in [-0.2, -0.15) is 5.10 Å². The third-order valence-corrected chi connectivity index (χ3v) is 6.30. The molecule has 1 saturated heterocycles. The number of rotatable bonds is 8. The van der Waals surface area contributed by atoms with E-state index in [0.29, 0.717) is 6.42 Å². The van der Waals surface area contributed by atoms with Crippen molar-refractivity contribution in [3.63, 3.8) is 0 Å². The van der Waals surface area contributed by atoms with Gasteiger partial charge < -0.3 is 16.5 Å². The van der Waals surface area contributed by atoms with E-state index in [0.717, 1.165) is 27.5 Å². The minimum Gasteiger partial charge on any atom is -0.370 e. The molecule has 34 heavy (non-hydrogen) atoms. The minimum atomic E-state index is -1.17. The van der Waals surface area contributed by atoms with E-state index in [1.165, 1.54) is 4.90 Å². The van der Waals surface area contributed by atoms with Crippen LogP contribution in [0.1, 0.15) is 36.5 Å². The van der Waals surface area contributed by atoms with Crippen LogP contribution in [-0.4, -0.2) is 40.4 Å². The fraction of sp³-hybridized carbons (Fsp3) is 0.231. The summed E-state index contributed by atoms with van der Waals surface area (Å²) < 4.78 is 0. The first-order valence-electron chi connectivity index (χ1n) is 11.1. The highest BCUT2D eigenvalue weighted by Gasteiger charge is 2.54. The number of carbonyl (C=O) groups excluding carboxylic acids is 3. The Bertz CT molecular complexity index is 1270. The molecule has 0 aromatic heterocycles. The monoisotopic (exact) mass is 457 g/mol. The molecule has 0 aliphatic carbocycles. The first-order chi connectivity index (χ1) is 16.3. The van der Waals surface area contributed by atoms with Crippen LogP contribution in [0, 0.1) is 0 Å². The zero-order valence-electron chi connectivity index (χ0n) is 19.0. The van der Waals surface area contributed by atoms with E-state index in [-0.39, 0.29) is 31.4 Å². The number of carbonyl (C=O) groups is 3. The number of imide groups is 1. The number of urea groups is 1. The molecule has 3 aromatic rings. The second-order valence-corrected chi connectivity index (χ2v) is 8.55. The molecule has 1 heterocycles. The fourth-order valence-corrected chi connectivity index (χ4v) is 4.48. The number of primary amides is 1. The Morgan fingerprint density at radius 2 is 1.76 bits per heavy atom. The average Bonchev–Trinajstić information content (AvgIpc) is 3.01. The molecule has 0 saturated carbocycles. The van der Waals surface area contributed by atoms with Gasteiger partial charge in [-0.3, -0.25) is 14.5 Å². The van der Waals surface area contributed by atoms with Gasteiger partial charge in [0, 0.05) is 13.0 Å². The van der Waals surface area contributed by atoms with Gasteiger partial charge in [0.15, 0.2) is 0 Å². The van der Waals surface area contributed by atoms with Crippen molar-refractivity contribution in [2.75, 3.05) is 6.54 Å². The summed E-state index contributed by atoms with van der Waals surface area (Å²) >= 11 is 0. The van der Waals surface area contributed by atoms with Crippen molar-refractivity contribution in [3.8, 4) is 0 Å². The van der Waals surface area contributed by atoms with Gasteiger partial charge >= 0.3 is 6.03 Å². The van der Waals surface area contributed by atoms with Crippen molar-refractivity contribution >= 4 is 34.8 Å². The third-order valence-electron chi connectivity index (χ3n) is 6.30. The van der Waals surface area contributed by atoms with E-state index in [1.54, 1.807) is 18.0 Å². The molecule has 1 unspecified atom stereocenters. The van der Waals surface area contributed by atoms with Crippen LogP contribution in [0.15, 0.2) is 71.8 Å². The highest BCUT2D eigenvalue weighted by atomic mass is 16.2. The molecule has 0 radical (unpaired) electrons. The second kappa shape index (κ2) is 9.35. The molecule has 4 amide bonds. The zero-order valence-corrected chi connectivity index (χ0v) is 19.0. The lowest BCUT2D eigenvalue weighted by Crippen LogP contribution is -2.45. The lowest BCUT2D eigenvalue weighted by Gasteiger charge is -2.32. The number of hydrogen-bond acceptors (Lipinski definition) is 5. The summed E-state index contributed by atoms with van der Waals surface area (Å²) in [6.45, 7) is 2.14. The summed E-state index contributed by atoms with van der Waals surface area (Å²) in [5.41, 5.74) is 6.52. The molecule has 8 heteroatoms. The Hall–Kier alpha value is -4.20. The number of nitrogens with two attached hydrogens (primary N) is 2. The first-order valence-corrected chi connectivity index (χ1v) is 11.1. The van der Waals surface area contributed by atoms with Crippen molar-refractivity contribution < 1.29 is 14.4 Å². The molecule has 1 aliphatic rings. The molecule has 4 rings (SSSR count). The Labute approximate surface area is 197 Å². The maximum atomic E-state index is 13.7. The molecule has 3 aromatic carbocycles. The largest absolute Gasteiger partial charge is 0.370 e. The third kappa shape index (κ3) is 4.22. The molecule has 8 nitrogen and oxygen atoms in total. The van der Waals surface area contributed by atoms with Crippen LogP contribution in [0.2, 0.25) is 0 Å². The topological polar surface area (TPSA) is 122 Å². The summed E-state index contributed by atoms with van der Waals surface area (Å²) in [7, 11) is 0. The summed E-state index contributed by atoms with van der Waals surface area (Å²) in [6.07, 6.45) is 2.09. The van der Waals surface area contributed by atoms with Crippen LogP contribution in [0.5, 0.6) is 0 Å². The predicted molar refractivity (Wildman–Crippen MR) is 131 cm³/mol. The van der Waals surface area contributed by atoms with Crippen molar-refractivity contribution in [3.05, 3.63) is 83.4 Å². The van der Waals surface area contributed by atoms with E-state index in [1.807, 2.05) is 66.7 Å². The maximum absolute atomic E-state index is 13.7. The van der Waals surface area contributed by atoms with E-state index in [2.05, 4.69) is 5.10 Å². The average molecular weight is 458 g/mol. The van der Waals surface area contributed by atoms with E-state index in [4.69, 9.17) is 11.6 Å². The number of hydrazone groups is 1. The fourth-order valence-electron chi connectivity index (χ4n) is 4.48. The van der Waals surface area contributed by atoms with E-state index < -0.39 is 11.4 Å². The lowest BCUT2D eigenvalue weighted by atomic mass is 9.90. The molecule has 0 spiro atoms. The van der Waals surface area contributed by atoms with Crippen LogP contribution < -0.4 is 11.6 Å². The number of nitrogens with zero attached hydrogens (tertiary/aromatic N) is 3. The van der Waals surface area contributed by atoms with Gasteiger partial charge in [-0.1, -0.05) is 54.6 Å². The number of hydrogen-bond donors (Lipinski definition) is 2. The first kappa shape index (κ1) is 23.0. The SMILES string of the molecule is CC1(c2ccccc2)C(=O)N(Cc2ccc3ccc(C=NN)cc3c2)C(=O)N1CCCC(N)=O. The number of fused-ring (bicyclic) bond motifs is 1. The Balaban J connectivity index is 1.67. The predicted octanol–water partition coefficient (Wildman–Crippen LogP) is 3.08. The molecular formula is C26H27N5O3. The van der Waals surface area contributed by atoms with Crippen LogP contribution in [0.3, 0.4) is 0 Å². The summed E-state index contributed by atoms with van der Waals surface area (Å²) in [5.74, 6) is 4.53. The van der Waals surface area contributed by atoms with Gasteiger partial charge in [0.1, 0.15) is 5.54 Å². The van der Waals surface area contributed by atoms with Gasteiger partial charge in [0.25, 0.3) is 5.91 Å². The van der Waals surface area contributed by atoms with Gasteiger partial charge in [0.2, 0.25) is 5.91 Å². The second-order valence-electron chi connectivity index (χ2n) is 8.55. The maximum Gasteiger partial charge on any atom is 0.328 e. The van der Waals surface area contributed by atoms with E-state index >= 15 is 0 Å². The Morgan fingerprint density at radius 1 is 1.03 bits per heavy atom. The van der Waals surface area contributed by atoms with Crippen molar-refractivity contribution in [1.82, 2.24) is 9.80 Å². The van der Waals surface area contributed by atoms with Crippen LogP contribution in [0.4, 0.5) is 4.79 Å². The smallest absolute Gasteiger partial charge is 0.328 e. The molecule has 1 atom stereocenters. The summed E-state index contributed by atoms with van der Waals surface area (Å²) in [4.78, 5) is 41.2. The standard InChI is InChI=1S/C26H27N5O3/c1-26(22-6-3-2-4-7-22)24(33)30(25(34)31(26)13-5-8-23(27)32)17-19-10-12-20-11-9-18(16-29-28)14-21(20)15-19/h2-4,6-7,9-12,14-16H,5,8,13,17,28H2,1H3,(H2,27,32). The molecule has 0 bridgehead atoms. The Morgan fingerprint density at radius 3 is 2.47 bits per heavy atom. The van der Waals surface area contributed by atoms with Gasteiger partial charge in [-0.05, 0) is 52.9 Å².